The molecule has 1 aliphatic carbocycles. The first-order valence-corrected chi connectivity index (χ1v) is 7.78. The molecule has 27 heavy (non-hydrogen) atoms. The van der Waals surface area contributed by atoms with Crippen LogP contribution in [0.1, 0.15) is 19.3 Å². The van der Waals surface area contributed by atoms with E-state index < -0.39 is 29.6 Å². The minimum Gasteiger partial charge on any atom is -0.388 e. The predicted octanol–water partition coefficient (Wildman–Crippen LogP) is 2.21. The number of allylic oxidation sites excluding steroid dienone is 2. The van der Waals surface area contributed by atoms with Gasteiger partial charge < -0.3 is 25.3 Å². The third-order valence-corrected chi connectivity index (χ3v) is 2.77. The third-order valence-electron chi connectivity index (χ3n) is 2.77. The van der Waals surface area contributed by atoms with Gasteiger partial charge in [0.25, 0.3) is 11.8 Å². The summed E-state index contributed by atoms with van der Waals surface area (Å²) in [6, 6.07) is 2.45. The van der Waals surface area contributed by atoms with E-state index in [1.807, 2.05) is 6.79 Å². The highest BCUT2D eigenvalue weighted by molar-refractivity contribution is 6.08. The molecule has 0 spiro atoms. The Morgan fingerprint density at radius 1 is 1.07 bits per heavy atom. The van der Waals surface area contributed by atoms with Crippen LogP contribution >= 0.6 is 0 Å². The Balaban J connectivity index is 0. The van der Waals surface area contributed by atoms with Crippen molar-refractivity contribution in [2.45, 2.75) is 25.4 Å². The van der Waals surface area contributed by atoms with Crippen molar-refractivity contribution >= 4 is 24.3 Å². The number of nitrogens with two attached hydrogens (primary N) is 1. The van der Waals surface area contributed by atoms with Crippen LogP contribution in [-0.4, -0.2) is 46.0 Å². The number of rotatable bonds is 4. The fraction of sp³-hybridized carbons (Fsp3) is 0.389. The summed E-state index contributed by atoms with van der Waals surface area (Å²) in [6.45, 7) is 2.00. The zero-order valence-corrected chi connectivity index (χ0v) is 15.7. The zero-order valence-electron chi connectivity index (χ0n) is 15.7. The summed E-state index contributed by atoms with van der Waals surface area (Å²) in [5.41, 5.74) is 4.76. The lowest BCUT2D eigenvalue weighted by molar-refractivity contribution is -0.138. The number of methoxy groups -OCH3 is 2. The van der Waals surface area contributed by atoms with Crippen LogP contribution in [0.5, 0.6) is 0 Å². The summed E-state index contributed by atoms with van der Waals surface area (Å²) < 4.78 is 34.4. The van der Waals surface area contributed by atoms with Crippen LogP contribution in [0.15, 0.2) is 30.4 Å². The Morgan fingerprint density at radius 2 is 1.52 bits per heavy atom. The van der Waals surface area contributed by atoms with Crippen molar-refractivity contribution in [2.75, 3.05) is 26.6 Å². The first-order chi connectivity index (χ1) is 12.8. The molecule has 2 amide bonds. The largest absolute Gasteiger partial charge is 0.388 e. The fourth-order valence-corrected chi connectivity index (χ4v) is 1.78. The molecule has 1 aromatic rings. The van der Waals surface area contributed by atoms with Gasteiger partial charge in [-0.2, -0.15) is 0 Å². The highest BCUT2D eigenvalue weighted by Crippen LogP contribution is 2.13. The average molecular weight is 388 g/mol. The van der Waals surface area contributed by atoms with Crippen molar-refractivity contribution in [3.05, 3.63) is 42.0 Å². The molecule has 0 saturated carbocycles. The molecule has 0 aliphatic heterocycles. The second-order valence-electron chi connectivity index (χ2n) is 4.98. The molecular formula is C18H26F2N2O5. The summed E-state index contributed by atoms with van der Waals surface area (Å²) >= 11 is 0. The van der Waals surface area contributed by atoms with Crippen LogP contribution in [0.25, 0.3) is 0 Å². The maximum absolute atomic E-state index is 12.8. The number of hydrogen-bond donors (Lipinski definition) is 2. The van der Waals surface area contributed by atoms with Crippen LogP contribution < -0.4 is 11.1 Å². The molecule has 7 nitrogen and oxygen atoms in total. The van der Waals surface area contributed by atoms with E-state index in [-0.39, 0.29) is 5.69 Å². The summed E-state index contributed by atoms with van der Waals surface area (Å²) in [4.78, 5) is 30.2. The molecule has 1 unspecified atom stereocenters. The van der Waals surface area contributed by atoms with Crippen molar-refractivity contribution in [3.8, 4) is 0 Å². The van der Waals surface area contributed by atoms with Gasteiger partial charge in [-0.15, -0.1) is 0 Å². The van der Waals surface area contributed by atoms with Gasteiger partial charge in [-0.3, -0.25) is 9.59 Å². The quantitative estimate of drug-likeness (QED) is 0.607. The predicted molar refractivity (Wildman–Crippen MR) is 98.0 cm³/mol. The van der Waals surface area contributed by atoms with Crippen LogP contribution in [0, 0.1) is 11.6 Å². The van der Waals surface area contributed by atoms with E-state index in [4.69, 9.17) is 10.5 Å². The first-order valence-electron chi connectivity index (χ1n) is 7.78. The molecule has 1 aliphatic rings. The lowest BCUT2D eigenvalue weighted by Crippen LogP contribution is -2.40. The molecule has 0 fully saturated rings. The van der Waals surface area contributed by atoms with Gasteiger partial charge in [-0.25, -0.2) is 8.78 Å². The number of halogens is 2. The minimum atomic E-state index is -1.51. The first kappa shape index (κ1) is 26.6. The van der Waals surface area contributed by atoms with Gasteiger partial charge in [0.15, 0.2) is 0 Å². The Bertz CT molecular complexity index is 571. The molecule has 0 heterocycles. The van der Waals surface area contributed by atoms with Gasteiger partial charge in [-0.05, 0) is 31.4 Å². The highest BCUT2D eigenvalue weighted by Gasteiger charge is 2.23. The number of carbonyl (C=O) groups is 3. The van der Waals surface area contributed by atoms with E-state index in [1.54, 1.807) is 14.2 Å². The molecule has 9 heteroatoms. The molecule has 1 atom stereocenters. The summed E-state index contributed by atoms with van der Waals surface area (Å²) in [6.07, 6.45) is 6.99. The third kappa shape index (κ3) is 13.2. The molecule has 0 saturated heterocycles. The van der Waals surface area contributed by atoms with Crippen LogP contribution in [0.4, 0.5) is 14.5 Å². The summed E-state index contributed by atoms with van der Waals surface area (Å²) in [5.74, 6) is -3.60. The van der Waals surface area contributed by atoms with Crippen LogP contribution in [0.3, 0.4) is 0 Å². The lowest BCUT2D eigenvalue weighted by Gasteiger charge is -2.11. The van der Waals surface area contributed by atoms with E-state index in [9.17, 15) is 18.4 Å². The second kappa shape index (κ2) is 16.8. The van der Waals surface area contributed by atoms with Crippen molar-refractivity contribution < 1.29 is 32.6 Å². The monoisotopic (exact) mass is 388 g/mol. The van der Waals surface area contributed by atoms with Gasteiger partial charge in [0, 0.05) is 33.1 Å². The Labute approximate surface area is 157 Å². The molecular weight excluding hydrogens is 362 g/mol. The number of amides is 2. The normalized spacial score (nSPS) is 12.2. The van der Waals surface area contributed by atoms with Gasteiger partial charge in [0.2, 0.25) is 6.10 Å². The van der Waals surface area contributed by atoms with Crippen molar-refractivity contribution in [3.63, 3.8) is 0 Å². The number of nitrogens with one attached hydrogen (secondary N) is 1. The Hall–Kier alpha value is -2.65. The number of primary amides is 1. The Morgan fingerprint density at radius 3 is 1.81 bits per heavy atom. The second-order valence-corrected chi connectivity index (χ2v) is 4.98. The van der Waals surface area contributed by atoms with E-state index in [0.29, 0.717) is 6.07 Å². The van der Waals surface area contributed by atoms with Gasteiger partial charge in [0.1, 0.15) is 18.4 Å². The van der Waals surface area contributed by atoms with Gasteiger partial charge in [0.05, 0.1) is 0 Å². The summed E-state index contributed by atoms with van der Waals surface area (Å²) in [7, 11) is 4.36. The molecule has 0 bridgehead atoms. The number of benzene rings is 1. The minimum absolute atomic E-state index is 0.129. The SMILES string of the molecule is C1=CCCC1.C=O.COC.COC(C(N)=O)C(=O)Nc1cc(F)cc(F)c1. The fourth-order valence-electron chi connectivity index (χ4n) is 1.78. The van der Waals surface area contributed by atoms with Crippen molar-refractivity contribution in [1.29, 1.82) is 0 Å². The van der Waals surface area contributed by atoms with Crippen LogP contribution in [0.2, 0.25) is 0 Å². The van der Waals surface area contributed by atoms with Crippen molar-refractivity contribution in [1.82, 2.24) is 0 Å². The van der Waals surface area contributed by atoms with Gasteiger partial charge in [-0.1, -0.05) is 12.2 Å². The smallest absolute Gasteiger partial charge is 0.263 e. The topological polar surface area (TPSA) is 108 Å². The van der Waals surface area contributed by atoms with E-state index in [0.717, 1.165) is 19.2 Å². The van der Waals surface area contributed by atoms with E-state index >= 15 is 0 Å². The number of hydrogen-bond acceptors (Lipinski definition) is 5. The molecule has 152 valence electrons. The zero-order chi connectivity index (χ0) is 21.2. The molecule has 1 aromatic carbocycles. The number of ether oxygens (including phenoxy) is 2. The standard InChI is InChI=1S/C10H10F2N2O3.C5H8.C2H6O.CH2O/c1-17-8(9(13)15)10(16)14-7-3-5(11)2-6(12)4-7;1-2-4-5-3-1;1-3-2;1-2/h2-4,8H,1H3,(H2,13,15)(H,14,16);1-2H,3-5H2;1-2H3;1H2. The van der Waals surface area contributed by atoms with Crippen molar-refractivity contribution in [2.24, 2.45) is 5.73 Å². The maximum atomic E-state index is 12.8. The molecule has 0 radical (unpaired) electrons. The molecule has 2 rings (SSSR count). The number of anilines is 1. The maximum Gasteiger partial charge on any atom is 0.263 e. The highest BCUT2D eigenvalue weighted by atomic mass is 19.1. The molecule has 3 N–H and O–H groups in total. The van der Waals surface area contributed by atoms with Crippen LogP contribution in [-0.2, 0) is 23.9 Å². The lowest BCUT2D eigenvalue weighted by atomic mass is 10.2. The van der Waals surface area contributed by atoms with E-state index in [2.05, 4.69) is 26.9 Å². The van der Waals surface area contributed by atoms with E-state index in [1.165, 1.54) is 19.3 Å². The average Bonchev–Trinajstić information content (AvgIpc) is 3.16. The van der Waals surface area contributed by atoms with Gasteiger partial charge >= 0.3 is 0 Å². The molecule has 0 aromatic heterocycles. The Kier molecular flexibility index (Phi) is 16.5. The number of carbonyl (C=O) groups excluding carboxylic acids is 3. The summed E-state index contributed by atoms with van der Waals surface area (Å²) in [5, 5.41) is 2.11.